The van der Waals surface area contributed by atoms with E-state index in [2.05, 4.69) is 53.4 Å². The van der Waals surface area contributed by atoms with Crippen LogP contribution < -0.4 is 10.6 Å². The van der Waals surface area contributed by atoms with Gasteiger partial charge in [0.1, 0.15) is 0 Å². The van der Waals surface area contributed by atoms with Crippen molar-refractivity contribution < 1.29 is 4.74 Å². The van der Waals surface area contributed by atoms with Crippen molar-refractivity contribution in [2.24, 2.45) is 10.9 Å². The summed E-state index contributed by atoms with van der Waals surface area (Å²) in [4.78, 5) is 11.4. The van der Waals surface area contributed by atoms with Gasteiger partial charge in [0.2, 0.25) is 0 Å². The van der Waals surface area contributed by atoms with Gasteiger partial charge in [0.25, 0.3) is 0 Å². The molecule has 0 aliphatic carbocycles. The van der Waals surface area contributed by atoms with Crippen LogP contribution in [0.2, 0.25) is 0 Å². The third-order valence-electron chi connectivity index (χ3n) is 4.87. The number of hydrogen-bond acceptors (Lipinski definition) is 4. The summed E-state index contributed by atoms with van der Waals surface area (Å²) in [5.41, 5.74) is 2.25. The number of ether oxygens (including phenoxy) is 1. The Kier molecular flexibility index (Phi) is 8.07. The maximum absolute atomic E-state index is 5.95. The first-order chi connectivity index (χ1) is 14.2. The van der Waals surface area contributed by atoms with Crippen LogP contribution in [-0.2, 0) is 11.3 Å². The summed E-state index contributed by atoms with van der Waals surface area (Å²) in [5.74, 6) is 1.49. The fraction of sp³-hybridized carbons (Fsp3) is 0.545. The number of guanidine groups is 1. The molecule has 7 nitrogen and oxygen atoms in total. The van der Waals surface area contributed by atoms with Crippen LogP contribution in [0.1, 0.15) is 26.3 Å². The maximum atomic E-state index is 5.95. The quantitative estimate of drug-likeness (QED) is 0.528. The Hall–Kier alpha value is -2.38. The third kappa shape index (κ3) is 6.58. The number of aliphatic imine (C=N–C) groups is 1. The first kappa shape index (κ1) is 21.3. The predicted molar refractivity (Wildman–Crippen MR) is 117 cm³/mol. The molecular weight excluding hydrogens is 364 g/mol. The fourth-order valence-electron chi connectivity index (χ4n) is 3.60. The lowest BCUT2D eigenvalue weighted by molar-refractivity contribution is -0.0284. The number of nitrogens with one attached hydrogen (secondary N) is 2. The summed E-state index contributed by atoms with van der Waals surface area (Å²) in [6.45, 7) is 12.7. The molecule has 1 aliphatic rings. The van der Waals surface area contributed by atoms with Crippen molar-refractivity contribution >= 4 is 5.96 Å². The van der Waals surface area contributed by atoms with Crippen LogP contribution in [0.4, 0.5) is 0 Å². The number of morpholine rings is 1. The largest absolute Gasteiger partial charge is 0.374 e. The summed E-state index contributed by atoms with van der Waals surface area (Å²) in [6.07, 6.45) is 5.74. The van der Waals surface area contributed by atoms with Crippen molar-refractivity contribution in [3.05, 3.63) is 48.5 Å². The van der Waals surface area contributed by atoms with Crippen LogP contribution in [0, 0.1) is 5.92 Å². The van der Waals surface area contributed by atoms with Gasteiger partial charge >= 0.3 is 0 Å². The van der Waals surface area contributed by atoms with E-state index < -0.39 is 0 Å². The second-order valence-corrected chi connectivity index (χ2v) is 7.82. The zero-order chi connectivity index (χ0) is 20.5. The normalized spacial score (nSPS) is 18.2. The van der Waals surface area contributed by atoms with Gasteiger partial charge in [-0.05, 0) is 24.5 Å². The van der Waals surface area contributed by atoms with E-state index >= 15 is 0 Å². The van der Waals surface area contributed by atoms with Crippen molar-refractivity contribution in [1.29, 1.82) is 0 Å². The Morgan fingerprint density at radius 2 is 2.17 bits per heavy atom. The van der Waals surface area contributed by atoms with Gasteiger partial charge in [0.15, 0.2) is 5.96 Å². The topological polar surface area (TPSA) is 66.7 Å². The highest BCUT2D eigenvalue weighted by molar-refractivity contribution is 5.79. The first-order valence-electron chi connectivity index (χ1n) is 10.6. The Morgan fingerprint density at radius 1 is 1.31 bits per heavy atom. The molecule has 2 aromatic rings. The number of nitrogens with zero attached hydrogens (tertiary/aromatic N) is 4. The summed E-state index contributed by atoms with van der Waals surface area (Å²) in [5, 5.41) is 6.80. The molecule has 1 unspecified atom stereocenters. The minimum absolute atomic E-state index is 0.185. The molecule has 29 heavy (non-hydrogen) atoms. The predicted octanol–water partition coefficient (Wildman–Crippen LogP) is 2.28. The molecule has 0 bridgehead atoms. The summed E-state index contributed by atoms with van der Waals surface area (Å²) in [6, 6.07) is 8.28. The molecular formula is C22H34N6O. The summed E-state index contributed by atoms with van der Waals surface area (Å²) >= 11 is 0. The zero-order valence-corrected chi connectivity index (χ0v) is 17.8. The Bertz CT molecular complexity index is 758. The molecule has 1 aromatic carbocycles. The molecule has 1 atom stereocenters. The summed E-state index contributed by atoms with van der Waals surface area (Å²) < 4.78 is 7.97. The third-order valence-corrected chi connectivity index (χ3v) is 4.87. The molecule has 3 rings (SSSR count). The van der Waals surface area contributed by atoms with Crippen LogP contribution in [0.3, 0.4) is 0 Å². The van der Waals surface area contributed by atoms with E-state index in [0.717, 1.165) is 56.5 Å². The molecule has 1 aromatic heterocycles. The van der Waals surface area contributed by atoms with Gasteiger partial charge in [-0.1, -0.05) is 32.0 Å². The molecule has 1 fully saturated rings. The number of imidazole rings is 1. The van der Waals surface area contributed by atoms with Gasteiger partial charge in [-0.15, -0.1) is 0 Å². The molecule has 0 spiro atoms. The minimum atomic E-state index is 0.185. The molecule has 2 N–H and O–H groups in total. The number of rotatable bonds is 8. The highest BCUT2D eigenvalue weighted by atomic mass is 16.5. The van der Waals surface area contributed by atoms with Crippen LogP contribution in [0.15, 0.2) is 48.0 Å². The van der Waals surface area contributed by atoms with Crippen LogP contribution >= 0.6 is 0 Å². The van der Waals surface area contributed by atoms with E-state index in [9.17, 15) is 0 Å². The molecule has 2 heterocycles. The highest BCUT2D eigenvalue weighted by Crippen LogP contribution is 2.15. The minimum Gasteiger partial charge on any atom is -0.374 e. The van der Waals surface area contributed by atoms with Crippen molar-refractivity contribution in [3.8, 4) is 5.69 Å². The SMILES string of the molecule is CCNC(=NCc1ccccc1-n1ccnc1)NCC1CN(CC(C)C)CCO1. The number of aromatic nitrogens is 2. The Morgan fingerprint density at radius 3 is 2.93 bits per heavy atom. The van der Waals surface area contributed by atoms with Crippen molar-refractivity contribution in [2.75, 3.05) is 39.3 Å². The lowest BCUT2D eigenvalue weighted by Gasteiger charge is -2.34. The smallest absolute Gasteiger partial charge is 0.191 e. The molecule has 0 radical (unpaired) electrons. The van der Waals surface area contributed by atoms with Gasteiger partial charge in [0, 0.05) is 45.1 Å². The average molecular weight is 399 g/mol. The first-order valence-corrected chi connectivity index (χ1v) is 10.6. The van der Waals surface area contributed by atoms with Crippen molar-refractivity contribution in [2.45, 2.75) is 33.4 Å². The van der Waals surface area contributed by atoms with Gasteiger partial charge in [-0.25, -0.2) is 9.98 Å². The number of hydrogen-bond donors (Lipinski definition) is 2. The van der Waals surface area contributed by atoms with E-state index in [4.69, 9.17) is 9.73 Å². The molecule has 1 saturated heterocycles. The van der Waals surface area contributed by atoms with E-state index in [-0.39, 0.29) is 6.10 Å². The Labute approximate surface area is 174 Å². The highest BCUT2D eigenvalue weighted by Gasteiger charge is 2.21. The second kappa shape index (κ2) is 11.0. The Balaban J connectivity index is 1.59. The van der Waals surface area contributed by atoms with Gasteiger partial charge in [-0.2, -0.15) is 0 Å². The number of para-hydroxylation sites is 1. The van der Waals surface area contributed by atoms with Crippen LogP contribution in [0.25, 0.3) is 5.69 Å². The van der Waals surface area contributed by atoms with Gasteiger partial charge in [-0.3, -0.25) is 4.90 Å². The lowest BCUT2D eigenvalue weighted by atomic mass is 10.2. The monoisotopic (exact) mass is 398 g/mol. The van der Waals surface area contributed by atoms with Crippen LogP contribution in [-0.4, -0.2) is 65.8 Å². The van der Waals surface area contributed by atoms with E-state index in [1.165, 1.54) is 0 Å². The molecule has 7 heteroatoms. The average Bonchev–Trinajstić information content (AvgIpc) is 3.25. The second-order valence-electron chi connectivity index (χ2n) is 7.82. The summed E-state index contributed by atoms with van der Waals surface area (Å²) in [7, 11) is 0. The number of benzene rings is 1. The lowest BCUT2D eigenvalue weighted by Crippen LogP contribution is -2.50. The van der Waals surface area contributed by atoms with E-state index in [0.29, 0.717) is 12.5 Å². The zero-order valence-electron chi connectivity index (χ0n) is 17.8. The molecule has 158 valence electrons. The fourth-order valence-corrected chi connectivity index (χ4v) is 3.60. The molecule has 1 aliphatic heterocycles. The van der Waals surface area contributed by atoms with Crippen molar-refractivity contribution in [1.82, 2.24) is 25.1 Å². The molecule has 0 amide bonds. The standard InChI is InChI=1S/C22H34N6O/c1-4-24-22(26-14-20-16-27(11-12-29-20)15-18(2)3)25-13-19-7-5-6-8-21(19)28-10-9-23-17-28/h5-10,17-18,20H,4,11-16H2,1-3H3,(H2,24,25,26). The van der Waals surface area contributed by atoms with E-state index in [1.807, 2.05) is 29.2 Å². The maximum Gasteiger partial charge on any atom is 0.191 e. The van der Waals surface area contributed by atoms with E-state index in [1.54, 1.807) is 6.20 Å². The van der Waals surface area contributed by atoms with Crippen LogP contribution in [0.5, 0.6) is 0 Å². The van der Waals surface area contributed by atoms with Gasteiger partial charge < -0.3 is 19.9 Å². The molecule has 0 saturated carbocycles. The van der Waals surface area contributed by atoms with Crippen molar-refractivity contribution in [3.63, 3.8) is 0 Å². The van der Waals surface area contributed by atoms with Gasteiger partial charge in [0.05, 0.1) is 31.3 Å².